The molecule has 0 bridgehead atoms. The van der Waals surface area contributed by atoms with Crippen LogP contribution in [0.15, 0.2) is 205 Å². The Kier molecular flexibility index (Phi) is 7.64. The normalized spacial score (nSPS) is 13.1. The molecule has 66 heavy (non-hydrogen) atoms. The van der Waals surface area contributed by atoms with Crippen LogP contribution in [-0.4, -0.2) is 24.1 Å². The predicted octanol–water partition coefficient (Wildman–Crippen LogP) is 15.3. The van der Waals surface area contributed by atoms with Crippen LogP contribution in [0.25, 0.3) is 122 Å². The van der Waals surface area contributed by atoms with Crippen molar-refractivity contribution in [3.05, 3.63) is 211 Å². The van der Waals surface area contributed by atoms with E-state index in [-0.39, 0.29) is 5.41 Å². The molecular formula is C60H39N5O. The molecule has 13 aromatic rings. The summed E-state index contributed by atoms with van der Waals surface area (Å²) in [7, 11) is 0. The monoisotopic (exact) mass is 845 g/mol. The molecule has 4 heterocycles. The Hall–Kier alpha value is -8.61. The molecule has 0 radical (unpaired) electrons. The second-order valence-corrected chi connectivity index (χ2v) is 18.0. The van der Waals surface area contributed by atoms with E-state index in [2.05, 4.69) is 181 Å². The molecule has 0 atom stereocenters. The lowest BCUT2D eigenvalue weighted by molar-refractivity contribution is 0.660. The standard InChI is InChI=1S/C60H39N5O/c1-60(2)47-34-38(59-62-57(36-16-6-3-7-17-36)61-58(63-59)37-18-8-4-9-19-37)26-28-41(47)42-29-27-40(35-48(42)60)64-49-24-14-12-23-45(49)53-50(64)33-31-46-54-51(65(55(46)53)39-20-10-5-11-21-39)32-30-44-43-22-13-15-25-52(43)66-56(44)54/h3-35H,1-2H3. The Bertz CT molecular complexity index is 4070. The summed E-state index contributed by atoms with van der Waals surface area (Å²) in [5.41, 5.74) is 16.2. The van der Waals surface area contributed by atoms with E-state index < -0.39 is 0 Å². The highest BCUT2D eigenvalue weighted by atomic mass is 16.3. The third kappa shape index (κ3) is 5.21. The zero-order chi connectivity index (χ0) is 43.7. The molecule has 0 aliphatic heterocycles. The summed E-state index contributed by atoms with van der Waals surface area (Å²) in [6.07, 6.45) is 0. The zero-order valence-electron chi connectivity index (χ0n) is 36.2. The van der Waals surface area contributed by atoms with E-state index in [1.165, 1.54) is 43.9 Å². The fourth-order valence-electron chi connectivity index (χ4n) is 10.9. The molecule has 1 aliphatic carbocycles. The lowest BCUT2D eigenvalue weighted by Crippen LogP contribution is -2.15. The molecule has 6 heteroatoms. The van der Waals surface area contributed by atoms with Gasteiger partial charge in [0.05, 0.1) is 27.5 Å². The molecular weight excluding hydrogens is 807 g/mol. The number of rotatable bonds is 5. The van der Waals surface area contributed by atoms with E-state index in [0.717, 1.165) is 71.9 Å². The van der Waals surface area contributed by atoms with E-state index in [0.29, 0.717) is 17.5 Å². The molecule has 1 aliphatic rings. The molecule has 4 aromatic heterocycles. The Morgan fingerprint density at radius 1 is 0.394 bits per heavy atom. The first kappa shape index (κ1) is 36.8. The maximum atomic E-state index is 6.74. The van der Waals surface area contributed by atoms with Crippen molar-refractivity contribution in [1.82, 2.24) is 24.1 Å². The van der Waals surface area contributed by atoms with Crippen molar-refractivity contribution >= 4 is 65.6 Å². The van der Waals surface area contributed by atoms with Crippen molar-refractivity contribution in [2.24, 2.45) is 0 Å². The van der Waals surface area contributed by atoms with Crippen molar-refractivity contribution in [2.75, 3.05) is 0 Å². The van der Waals surface area contributed by atoms with Crippen LogP contribution in [0.5, 0.6) is 0 Å². The molecule has 0 saturated heterocycles. The largest absolute Gasteiger partial charge is 0.455 e. The number of benzene rings is 9. The predicted molar refractivity (Wildman–Crippen MR) is 270 cm³/mol. The summed E-state index contributed by atoms with van der Waals surface area (Å²) in [5.74, 6) is 1.97. The van der Waals surface area contributed by atoms with E-state index in [9.17, 15) is 0 Å². The number of nitrogens with zero attached hydrogens (tertiary/aromatic N) is 5. The van der Waals surface area contributed by atoms with Crippen LogP contribution in [0.2, 0.25) is 0 Å². The van der Waals surface area contributed by atoms with E-state index in [1.807, 2.05) is 42.5 Å². The van der Waals surface area contributed by atoms with Gasteiger partial charge < -0.3 is 13.6 Å². The van der Waals surface area contributed by atoms with Gasteiger partial charge in [0.2, 0.25) is 0 Å². The second kappa shape index (κ2) is 13.7. The van der Waals surface area contributed by atoms with Gasteiger partial charge in [-0.15, -0.1) is 0 Å². The van der Waals surface area contributed by atoms with Crippen molar-refractivity contribution < 1.29 is 4.42 Å². The smallest absolute Gasteiger partial charge is 0.164 e. The highest BCUT2D eigenvalue weighted by molar-refractivity contribution is 6.31. The summed E-state index contributed by atoms with van der Waals surface area (Å²) in [6, 6.07) is 71.1. The van der Waals surface area contributed by atoms with Gasteiger partial charge in [-0.1, -0.05) is 147 Å². The molecule has 14 rings (SSSR count). The molecule has 0 fully saturated rings. The Morgan fingerprint density at radius 3 is 1.67 bits per heavy atom. The van der Waals surface area contributed by atoms with Gasteiger partial charge >= 0.3 is 0 Å². The number of aromatic nitrogens is 5. The average molecular weight is 846 g/mol. The molecule has 0 unspecified atom stereocenters. The fourth-order valence-corrected chi connectivity index (χ4v) is 10.9. The fraction of sp³-hybridized carbons (Fsp3) is 0.0500. The first-order valence-corrected chi connectivity index (χ1v) is 22.5. The minimum absolute atomic E-state index is 0.308. The van der Waals surface area contributed by atoms with Gasteiger partial charge in [0.25, 0.3) is 0 Å². The SMILES string of the molecule is CC1(C)c2cc(-c3nc(-c4ccccc4)nc(-c4ccccc4)n3)ccc2-c2ccc(-n3c4ccccc4c4c3ccc3c5c6oc7ccccc7c6ccc5n(-c5ccccc5)c34)cc21. The van der Waals surface area contributed by atoms with Crippen molar-refractivity contribution in [3.63, 3.8) is 0 Å². The molecule has 310 valence electrons. The molecule has 0 amide bonds. The van der Waals surface area contributed by atoms with Crippen LogP contribution in [0.4, 0.5) is 0 Å². The van der Waals surface area contributed by atoms with E-state index in [1.54, 1.807) is 0 Å². The molecule has 0 saturated carbocycles. The number of hydrogen-bond acceptors (Lipinski definition) is 4. The van der Waals surface area contributed by atoms with Crippen LogP contribution >= 0.6 is 0 Å². The van der Waals surface area contributed by atoms with Crippen LogP contribution in [0.1, 0.15) is 25.0 Å². The second-order valence-electron chi connectivity index (χ2n) is 18.0. The number of fused-ring (bicyclic) bond motifs is 14. The summed E-state index contributed by atoms with van der Waals surface area (Å²) in [6.45, 7) is 4.69. The zero-order valence-corrected chi connectivity index (χ0v) is 36.2. The number of para-hydroxylation sites is 3. The lowest BCUT2D eigenvalue weighted by Gasteiger charge is -2.23. The van der Waals surface area contributed by atoms with Crippen LogP contribution < -0.4 is 0 Å². The maximum Gasteiger partial charge on any atom is 0.164 e. The van der Waals surface area contributed by atoms with Crippen molar-refractivity contribution in [2.45, 2.75) is 19.3 Å². The van der Waals surface area contributed by atoms with Crippen LogP contribution in [0, 0.1) is 0 Å². The Labute approximate surface area is 379 Å². The minimum atomic E-state index is -0.308. The molecule has 0 N–H and O–H groups in total. The quantitative estimate of drug-likeness (QED) is 0.173. The first-order valence-electron chi connectivity index (χ1n) is 22.5. The first-order chi connectivity index (χ1) is 32.5. The third-order valence-corrected chi connectivity index (χ3v) is 14.0. The number of furan rings is 1. The lowest BCUT2D eigenvalue weighted by atomic mass is 9.82. The average Bonchev–Trinajstić information content (AvgIpc) is 4.09. The van der Waals surface area contributed by atoms with E-state index >= 15 is 0 Å². The Morgan fingerprint density at radius 2 is 0.955 bits per heavy atom. The van der Waals surface area contributed by atoms with Gasteiger partial charge in [0, 0.05) is 60.4 Å². The van der Waals surface area contributed by atoms with Crippen LogP contribution in [-0.2, 0) is 5.41 Å². The third-order valence-electron chi connectivity index (χ3n) is 14.0. The summed E-state index contributed by atoms with van der Waals surface area (Å²) in [5, 5.41) is 6.97. The highest BCUT2D eigenvalue weighted by Gasteiger charge is 2.36. The highest BCUT2D eigenvalue weighted by Crippen LogP contribution is 2.51. The van der Waals surface area contributed by atoms with Gasteiger partial charge in [0.1, 0.15) is 11.2 Å². The minimum Gasteiger partial charge on any atom is -0.455 e. The van der Waals surface area contributed by atoms with Crippen LogP contribution in [0.3, 0.4) is 0 Å². The van der Waals surface area contributed by atoms with Gasteiger partial charge in [-0.05, 0) is 89.0 Å². The maximum absolute atomic E-state index is 6.74. The summed E-state index contributed by atoms with van der Waals surface area (Å²) < 4.78 is 11.6. The van der Waals surface area contributed by atoms with Gasteiger partial charge in [-0.2, -0.15) is 0 Å². The van der Waals surface area contributed by atoms with Crippen molar-refractivity contribution in [1.29, 1.82) is 0 Å². The van der Waals surface area contributed by atoms with Gasteiger partial charge in [-0.3, -0.25) is 0 Å². The topological polar surface area (TPSA) is 61.7 Å². The Balaban J connectivity index is 0.955. The molecule has 0 spiro atoms. The number of hydrogen-bond donors (Lipinski definition) is 0. The molecule has 6 nitrogen and oxygen atoms in total. The molecule has 9 aromatic carbocycles. The van der Waals surface area contributed by atoms with Gasteiger partial charge in [0.15, 0.2) is 17.5 Å². The van der Waals surface area contributed by atoms with Crippen molar-refractivity contribution in [3.8, 4) is 56.7 Å². The van der Waals surface area contributed by atoms with E-state index in [4.69, 9.17) is 19.4 Å². The summed E-state index contributed by atoms with van der Waals surface area (Å²) in [4.78, 5) is 15.1. The summed E-state index contributed by atoms with van der Waals surface area (Å²) >= 11 is 0. The van der Waals surface area contributed by atoms with Gasteiger partial charge in [-0.25, -0.2) is 15.0 Å².